The Morgan fingerprint density at radius 3 is 2.75 bits per heavy atom. The molecule has 4 aliphatic rings. The average Bonchev–Trinajstić information content (AvgIpc) is 3.69. The largest absolute Gasteiger partial charge is 0.508 e. The zero-order chi connectivity index (χ0) is 36.9. The minimum atomic E-state index is -0.616. The Balaban J connectivity index is 1.38. The van der Waals surface area contributed by atoms with Crippen LogP contribution >= 0.6 is 0 Å². The number of benzene rings is 3. The molecular weight excluding hydrogens is 674 g/mol. The predicted octanol–water partition coefficient (Wildman–Crippen LogP) is 5.19. The van der Waals surface area contributed by atoms with Crippen LogP contribution in [0.25, 0.3) is 11.1 Å². The number of fused-ring (bicyclic) bond motifs is 7. The van der Waals surface area contributed by atoms with Crippen LogP contribution in [0.1, 0.15) is 77.3 Å². The topological polar surface area (TPSA) is 166 Å². The molecule has 11 heteroatoms. The van der Waals surface area contributed by atoms with Gasteiger partial charge in [-0.15, -0.1) is 0 Å². The normalized spacial score (nSPS) is 21.8. The summed E-state index contributed by atoms with van der Waals surface area (Å²) in [5.41, 5.74) is 13.6. The van der Waals surface area contributed by atoms with Crippen LogP contribution in [0.4, 0.5) is 5.82 Å². The predicted molar refractivity (Wildman–Crippen MR) is 197 cm³/mol. The third-order valence-corrected chi connectivity index (χ3v) is 11.2. The molecule has 4 atom stereocenters. The van der Waals surface area contributed by atoms with Crippen molar-refractivity contribution in [3.8, 4) is 51.7 Å². The Labute approximate surface area is 308 Å². The van der Waals surface area contributed by atoms with Crippen LogP contribution in [0.15, 0.2) is 48.5 Å². The lowest BCUT2D eigenvalue weighted by Gasteiger charge is -2.39. The second-order valence-corrected chi connectivity index (χ2v) is 14.6. The number of aliphatic hydroxyl groups excluding tert-OH is 1. The first-order valence-corrected chi connectivity index (χ1v) is 18.1. The van der Waals surface area contributed by atoms with E-state index in [1.54, 1.807) is 12.1 Å². The maximum absolute atomic E-state index is 12.3. The lowest BCUT2D eigenvalue weighted by molar-refractivity contribution is -0.141. The molecule has 11 nitrogen and oxygen atoms in total. The highest BCUT2D eigenvalue weighted by atomic mass is 16.6. The van der Waals surface area contributed by atoms with E-state index in [4.69, 9.17) is 24.7 Å². The fraction of sp³-hybridized carbons (Fsp3) is 0.381. The SMILES string of the molecule is CNCCOc1cc2c(cc1O)CC#Cc1nc(N)ccc1CC1CCC3(Cc4cc(O)cc(OCO)c4-c4ccc5c(c43)OC2C5COC(C)=O)C1. The summed E-state index contributed by atoms with van der Waals surface area (Å²) in [7, 11) is 1.83. The molecule has 2 aliphatic heterocycles. The number of nitrogens with one attached hydrogen (secondary N) is 1. The van der Waals surface area contributed by atoms with Gasteiger partial charge in [-0.1, -0.05) is 24.1 Å². The van der Waals surface area contributed by atoms with Gasteiger partial charge in [0.15, 0.2) is 18.3 Å². The second-order valence-electron chi connectivity index (χ2n) is 14.6. The van der Waals surface area contributed by atoms with E-state index in [-0.39, 0.29) is 35.9 Å². The molecule has 53 heavy (non-hydrogen) atoms. The second kappa shape index (κ2) is 13.8. The van der Waals surface area contributed by atoms with Crippen molar-refractivity contribution >= 4 is 11.8 Å². The Kier molecular flexibility index (Phi) is 9.05. The van der Waals surface area contributed by atoms with Crippen LogP contribution in [0.3, 0.4) is 0 Å². The van der Waals surface area contributed by atoms with Crippen LogP contribution in [-0.4, -0.2) is 59.9 Å². The summed E-state index contributed by atoms with van der Waals surface area (Å²) in [6.07, 6.45) is 3.71. The molecule has 1 spiro atoms. The van der Waals surface area contributed by atoms with Gasteiger partial charge < -0.3 is 45.3 Å². The molecule has 8 rings (SSSR count). The first-order chi connectivity index (χ1) is 25.7. The first-order valence-electron chi connectivity index (χ1n) is 18.1. The number of aliphatic hydroxyl groups is 1. The van der Waals surface area contributed by atoms with E-state index in [1.807, 2.05) is 31.3 Å². The van der Waals surface area contributed by atoms with Gasteiger partial charge in [0.1, 0.15) is 48.1 Å². The standard InChI is InChI=1S/C42H43N3O8/c1-23(47)51-21-32-29-7-8-30-38-27(15-28(48)17-36(38)52-22-46)20-42-11-10-24(19-42)14-26-6-9-37(43)45-33(26)5-3-4-25-16-34(49)35(50-13-12-44-2)18-31(25)40(32)53-41(29)39(30)42/h6-9,15-18,24,32,40,44,46,48-49H,4,10-14,19-22H2,1-2H3,(H2,43,45). The van der Waals surface area contributed by atoms with Gasteiger partial charge in [-0.2, -0.15) is 0 Å². The van der Waals surface area contributed by atoms with Crippen molar-refractivity contribution in [1.82, 2.24) is 10.3 Å². The molecule has 3 aromatic carbocycles. The van der Waals surface area contributed by atoms with Crippen molar-refractivity contribution in [3.05, 3.63) is 87.6 Å². The van der Waals surface area contributed by atoms with Crippen molar-refractivity contribution in [2.24, 2.45) is 5.92 Å². The Morgan fingerprint density at radius 2 is 1.94 bits per heavy atom. The molecule has 1 saturated carbocycles. The number of nitrogens with two attached hydrogens (primary N) is 1. The molecule has 0 radical (unpaired) electrons. The molecule has 1 fully saturated rings. The summed E-state index contributed by atoms with van der Waals surface area (Å²) >= 11 is 0. The van der Waals surface area contributed by atoms with Crippen LogP contribution in [0.5, 0.6) is 28.7 Å². The van der Waals surface area contributed by atoms with Gasteiger partial charge in [0, 0.05) is 53.6 Å². The molecule has 0 saturated heterocycles. The molecular formula is C42H43N3O8. The molecule has 0 amide bonds. The van der Waals surface area contributed by atoms with Crippen molar-refractivity contribution in [2.75, 3.05) is 39.3 Å². The Hall–Kier alpha value is -5.44. The van der Waals surface area contributed by atoms with Gasteiger partial charge in [-0.3, -0.25) is 4.79 Å². The number of likely N-dealkylation sites (N-methyl/N-ethyl adjacent to an activating group) is 1. The number of phenols is 2. The number of rotatable bonds is 8. The van der Waals surface area contributed by atoms with Gasteiger partial charge in [-0.05, 0) is 97.5 Å². The quantitative estimate of drug-likeness (QED) is 0.0705. The van der Waals surface area contributed by atoms with Crippen LogP contribution in [0.2, 0.25) is 0 Å². The summed E-state index contributed by atoms with van der Waals surface area (Å²) in [5.74, 6) is 8.01. The summed E-state index contributed by atoms with van der Waals surface area (Å²) in [6, 6.07) is 14.8. The highest BCUT2D eigenvalue weighted by Gasteiger charge is 2.51. The van der Waals surface area contributed by atoms with Crippen molar-refractivity contribution in [2.45, 2.75) is 62.9 Å². The maximum atomic E-state index is 12.3. The van der Waals surface area contributed by atoms with E-state index in [0.717, 1.165) is 75.9 Å². The number of hydrogen-bond donors (Lipinski definition) is 5. The van der Waals surface area contributed by atoms with Crippen LogP contribution < -0.4 is 25.3 Å². The Morgan fingerprint density at radius 1 is 1.08 bits per heavy atom. The van der Waals surface area contributed by atoms with E-state index < -0.39 is 18.9 Å². The number of esters is 1. The third kappa shape index (κ3) is 6.26. The summed E-state index contributed by atoms with van der Waals surface area (Å²) in [5, 5.41) is 34.9. The molecule has 4 unspecified atom stereocenters. The molecule has 3 heterocycles. The summed E-state index contributed by atoms with van der Waals surface area (Å²) < 4.78 is 24.7. The van der Waals surface area contributed by atoms with Crippen molar-refractivity contribution in [1.29, 1.82) is 0 Å². The number of ether oxygens (including phenoxy) is 4. The minimum absolute atomic E-state index is 0.0145. The maximum Gasteiger partial charge on any atom is 0.302 e. The number of aromatic hydroxyl groups is 2. The number of hydrogen-bond acceptors (Lipinski definition) is 11. The number of anilines is 1. The average molecular weight is 718 g/mol. The Bertz CT molecular complexity index is 2170. The van der Waals surface area contributed by atoms with E-state index >= 15 is 0 Å². The molecule has 4 aromatic rings. The van der Waals surface area contributed by atoms with Crippen molar-refractivity contribution < 1.29 is 39.1 Å². The number of aromatic nitrogens is 1. The van der Waals surface area contributed by atoms with E-state index in [0.29, 0.717) is 48.5 Å². The number of carbonyl (C=O) groups excluding carboxylic acids is 1. The van der Waals surface area contributed by atoms with Crippen molar-refractivity contribution in [3.63, 3.8) is 0 Å². The van der Waals surface area contributed by atoms with Gasteiger partial charge in [0.2, 0.25) is 0 Å². The van der Waals surface area contributed by atoms with E-state index in [1.165, 1.54) is 13.0 Å². The van der Waals surface area contributed by atoms with Gasteiger partial charge >= 0.3 is 5.97 Å². The summed E-state index contributed by atoms with van der Waals surface area (Å²) in [6.45, 7) is 1.83. The number of pyridine rings is 1. The lowest BCUT2D eigenvalue weighted by Crippen LogP contribution is -2.31. The van der Waals surface area contributed by atoms with E-state index in [9.17, 15) is 20.1 Å². The molecule has 4 bridgehead atoms. The zero-order valence-electron chi connectivity index (χ0n) is 29.8. The fourth-order valence-corrected chi connectivity index (χ4v) is 9.06. The third-order valence-electron chi connectivity index (χ3n) is 11.2. The molecule has 6 N–H and O–H groups in total. The van der Waals surface area contributed by atoms with E-state index in [2.05, 4.69) is 28.2 Å². The highest BCUT2D eigenvalue weighted by molar-refractivity contribution is 5.84. The monoisotopic (exact) mass is 717 g/mol. The number of nitrogen functional groups attached to an aromatic ring is 1. The first kappa shape index (κ1) is 34.6. The molecule has 274 valence electrons. The molecule has 1 aromatic heterocycles. The number of carbonyl (C=O) groups is 1. The van der Waals surface area contributed by atoms with Crippen LogP contribution in [-0.2, 0) is 34.2 Å². The zero-order valence-corrected chi connectivity index (χ0v) is 29.8. The van der Waals surface area contributed by atoms with Gasteiger partial charge in [-0.25, -0.2) is 4.98 Å². The van der Waals surface area contributed by atoms with Gasteiger partial charge in [0.05, 0.1) is 5.92 Å². The van der Waals surface area contributed by atoms with Crippen LogP contribution in [0, 0.1) is 17.8 Å². The minimum Gasteiger partial charge on any atom is -0.508 e. The smallest absolute Gasteiger partial charge is 0.302 e. The molecule has 2 aliphatic carbocycles. The highest BCUT2D eigenvalue weighted by Crippen LogP contribution is 2.62. The fourth-order valence-electron chi connectivity index (χ4n) is 9.06. The number of nitrogens with zero attached hydrogens (tertiary/aromatic N) is 1. The number of phenolic OH excluding ortho intramolecular Hbond substituents is 2. The lowest BCUT2D eigenvalue weighted by atomic mass is 9.65. The summed E-state index contributed by atoms with van der Waals surface area (Å²) in [4.78, 5) is 17.0. The van der Waals surface area contributed by atoms with Gasteiger partial charge in [0.25, 0.3) is 0 Å².